The van der Waals surface area contributed by atoms with Gasteiger partial charge in [0, 0.05) is 0 Å². The van der Waals surface area contributed by atoms with Gasteiger partial charge in [-0.05, 0) is 0 Å². The van der Waals surface area contributed by atoms with Gasteiger partial charge in [0.15, 0.2) is 0 Å². The molecule has 0 amide bonds. The third kappa shape index (κ3) is 234. The van der Waals surface area contributed by atoms with Gasteiger partial charge in [0.2, 0.25) is 0 Å². The molecule has 0 spiro atoms. The van der Waals surface area contributed by atoms with E-state index in [1.807, 2.05) is 0 Å². The average molecular weight is 459 g/mol. The van der Waals surface area contributed by atoms with E-state index in [0.29, 0.717) is 0 Å². The van der Waals surface area contributed by atoms with Gasteiger partial charge in [0.1, 0.15) is 0 Å². The summed E-state index contributed by atoms with van der Waals surface area (Å²) in [6, 6.07) is 0. The zero-order valence-electron chi connectivity index (χ0n) is 5.00. The number of hydrogen-bond acceptors (Lipinski definition) is 0. The first kappa shape index (κ1) is 370. The summed E-state index contributed by atoms with van der Waals surface area (Å²) in [5.74, 6) is 0. The van der Waals surface area contributed by atoms with Gasteiger partial charge in [0.05, 0.1) is 0 Å². The van der Waals surface area contributed by atoms with Crippen molar-refractivity contribution < 1.29 is 54.8 Å². The minimum absolute atomic E-state index is 0. The Labute approximate surface area is 149 Å². The Morgan fingerprint density at radius 1 is 0.167 bits per heavy atom. The van der Waals surface area contributed by atoms with E-state index in [-0.39, 0.29) is 153 Å². The summed E-state index contributed by atoms with van der Waals surface area (Å²) in [6.45, 7) is 0. The molecule has 0 bridgehead atoms. The van der Waals surface area contributed by atoms with E-state index in [9.17, 15) is 0 Å². The van der Waals surface area contributed by atoms with Crippen molar-refractivity contribution in [3.05, 3.63) is 0 Å². The molecule has 10 nitrogen and oxygen atoms in total. The first-order valence-corrected chi connectivity index (χ1v) is 0. The minimum atomic E-state index is 0. The Balaban J connectivity index is 0. The van der Waals surface area contributed by atoms with Crippen molar-refractivity contribution in [1.82, 2.24) is 0 Å². The van der Waals surface area contributed by atoms with E-state index in [1.54, 1.807) is 0 Å². The fourth-order valence-electron chi connectivity index (χ4n) is 0. The maximum atomic E-state index is 0. The van der Waals surface area contributed by atoms with Crippen molar-refractivity contribution in [3.63, 3.8) is 0 Å². The van der Waals surface area contributed by atoms with Gasteiger partial charge in [-0.1, -0.05) is 0 Å². The monoisotopic (exact) mass is 460 g/mol. The molecule has 0 aromatic heterocycles. The van der Waals surface area contributed by atoms with Gasteiger partial charge < -0.3 is 54.8 Å². The van der Waals surface area contributed by atoms with Crippen LogP contribution in [-0.2, 0) is 0 Å². The van der Waals surface area contributed by atoms with Gasteiger partial charge in [-0.15, -0.1) is 0 Å². The van der Waals surface area contributed by atoms with E-state index >= 15 is 0 Å². The fourth-order valence-corrected chi connectivity index (χ4v) is 0. The van der Waals surface area contributed by atoms with Crippen LogP contribution >= 0.6 is 0 Å². The molecule has 0 aromatic carbocycles. The molecule has 12 heteroatoms. The third-order valence-electron chi connectivity index (χ3n) is 0. The average Bonchev–Trinajstić information content (AvgIpc) is 0. The van der Waals surface area contributed by atoms with Gasteiger partial charge in [-0.25, -0.2) is 0 Å². The SMILES string of the molecule is O.O.O.O.O.O.O.O.O.O.[BaH2].[BaH2]. The summed E-state index contributed by atoms with van der Waals surface area (Å²) in [6.07, 6.45) is 0. The van der Waals surface area contributed by atoms with Crippen LogP contribution in [0.2, 0.25) is 0 Å². The van der Waals surface area contributed by atoms with Crippen LogP contribution in [-0.4, -0.2) is 153 Å². The summed E-state index contributed by atoms with van der Waals surface area (Å²) in [7, 11) is 0. The molecule has 20 N–H and O–H groups in total. The van der Waals surface area contributed by atoms with Crippen LogP contribution < -0.4 is 0 Å². The van der Waals surface area contributed by atoms with Crippen LogP contribution in [0, 0.1) is 0 Å². The van der Waals surface area contributed by atoms with Crippen molar-refractivity contribution in [1.29, 1.82) is 0 Å². The van der Waals surface area contributed by atoms with Crippen LogP contribution in [0.4, 0.5) is 0 Å². The molecular weight excluding hydrogens is 435 g/mol. The Kier molecular flexibility index (Phi) is 9150. The summed E-state index contributed by atoms with van der Waals surface area (Å²) >= 11 is 0. The molecular formula is H24Ba2O10. The second-order valence-electron chi connectivity index (χ2n) is 0. The topological polar surface area (TPSA) is 315 Å². The van der Waals surface area contributed by atoms with E-state index < -0.39 is 0 Å². The summed E-state index contributed by atoms with van der Waals surface area (Å²) < 4.78 is 0. The molecule has 0 heterocycles. The van der Waals surface area contributed by atoms with Crippen molar-refractivity contribution in [3.8, 4) is 0 Å². The maximum absolute atomic E-state index is 0. The standard InChI is InChI=1S/2Ba.10H2O.4H/h;;10*1H2;;;;. The zero-order chi connectivity index (χ0) is 0. The van der Waals surface area contributed by atoms with E-state index in [4.69, 9.17) is 0 Å². The van der Waals surface area contributed by atoms with Crippen molar-refractivity contribution in [2.75, 3.05) is 0 Å². The first-order chi connectivity index (χ1) is 0. The zero-order valence-corrected chi connectivity index (χ0v) is 5.00. The number of rotatable bonds is 0. The van der Waals surface area contributed by atoms with Crippen molar-refractivity contribution >= 4 is 97.8 Å². The Morgan fingerprint density at radius 3 is 0.167 bits per heavy atom. The molecule has 0 saturated carbocycles. The molecule has 12 heavy (non-hydrogen) atoms. The van der Waals surface area contributed by atoms with E-state index in [1.165, 1.54) is 0 Å². The molecule has 88 valence electrons. The fraction of sp³-hybridized carbons (Fsp3) is 0. The molecule has 0 aliphatic rings. The molecule has 0 fully saturated rings. The predicted octanol–water partition coefficient (Wildman–Crippen LogP) is -10.1. The van der Waals surface area contributed by atoms with Crippen LogP contribution in [0.5, 0.6) is 0 Å². The molecule has 0 aromatic rings. The van der Waals surface area contributed by atoms with Crippen molar-refractivity contribution in [2.24, 2.45) is 0 Å². The van der Waals surface area contributed by atoms with Gasteiger partial charge in [-0.3, -0.25) is 0 Å². The van der Waals surface area contributed by atoms with E-state index in [2.05, 4.69) is 0 Å². The second-order valence-corrected chi connectivity index (χ2v) is 0. The predicted molar refractivity (Wildman–Crippen MR) is 53.2 cm³/mol. The molecule has 0 unspecified atom stereocenters. The molecule has 0 aliphatic carbocycles. The number of hydrogen-bond donors (Lipinski definition) is 0. The quantitative estimate of drug-likeness (QED) is 0.305. The summed E-state index contributed by atoms with van der Waals surface area (Å²) in [5.41, 5.74) is 0. The van der Waals surface area contributed by atoms with Gasteiger partial charge in [-0.2, -0.15) is 0 Å². The molecule has 0 atom stereocenters. The molecule has 0 aliphatic heterocycles. The summed E-state index contributed by atoms with van der Waals surface area (Å²) in [5, 5.41) is 0. The van der Waals surface area contributed by atoms with E-state index in [0.717, 1.165) is 0 Å². The van der Waals surface area contributed by atoms with Gasteiger partial charge in [0.25, 0.3) is 0 Å². The third-order valence-corrected chi connectivity index (χ3v) is 0. The molecule has 0 saturated heterocycles. The summed E-state index contributed by atoms with van der Waals surface area (Å²) in [4.78, 5) is 0. The molecule has 0 rings (SSSR count). The Morgan fingerprint density at radius 2 is 0.167 bits per heavy atom. The molecule has 0 radical (unpaired) electrons. The van der Waals surface area contributed by atoms with Crippen LogP contribution in [0.3, 0.4) is 0 Å². The Hall–Kier alpha value is 2.74. The van der Waals surface area contributed by atoms with Crippen LogP contribution in [0.1, 0.15) is 0 Å². The normalized spacial score (nSPS) is 0. The van der Waals surface area contributed by atoms with Gasteiger partial charge >= 0.3 is 97.8 Å². The second kappa shape index (κ2) is 297. The van der Waals surface area contributed by atoms with Crippen LogP contribution in [0.25, 0.3) is 0 Å². The Bertz CT molecular complexity index is 7.80. The van der Waals surface area contributed by atoms with Crippen LogP contribution in [0.15, 0.2) is 0 Å². The first-order valence-electron chi connectivity index (χ1n) is 0. The van der Waals surface area contributed by atoms with Crippen molar-refractivity contribution in [2.45, 2.75) is 0 Å².